The molecule has 98 valence electrons. The molecule has 0 aromatic heterocycles. The van der Waals surface area contributed by atoms with Gasteiger partial charge in [0.15, 0.2) is 0 Å². The second-order valence-electron chi connectivity index (χ2n) is 4.99. The first kappa shape index (κ1) is 14.0. The molecule has 0 unspecified atom stereocenters. The number of carbonyl (C=O) groups excluding carboxylic acids is 1. The number of benzene rings is 1. The van der Waals surface area contributed by atoms with Crippen molar-refractivity contribution in [1.82, 2.24) is 0 Å². The fourth-order valence-electron chi connectivity index (χ4n) is 1.38. The SMILES string of the molecule is CC(C)(C)OC(=O)c1ccc(CC(=O)O)c(N)c1. The maximum atomic E-state index is 11.8. The molecule has 0 saturated carbocycles. The molecular formula is C13H17NO4. The molecule has 5 heteroatoms. The van der Waals surface area contributed by atoms with Crippen molar-refractivity contribution in [3.05, 3.63) is 29.3 Å². The number of carboxylic acid groups (broad SMARTS) is 1. The molecule has 18 heavy (non-hydrogen) atoms. The number of anilines is 1. The molecule has 0 bridgehead atoms. The van der Waals surface area contributed by atoms with Gasteiger partial charge in [0, 0.05) is 5.69 Å². The summed E-state index contributed by atoms with van der Waals surface area (Å²) in [5.74, 6) is -1.44. The van der Waals surface area contributed by atoms with Crippen LogP contribution in [0, 0.1) is 0 Å². The van der Waals surface area contributed by atoms with E-state index in [0.29, 0.717) is 11.1 Å². The zero-order valence-electron chi connectivity index (χ0n) is 10.7. The quantitative estimate of drug-likeness (QED) is 0.632. The van der Waals surface area contributed by atoms with Crippen LogP contribution < -0.4 is 5.73 Å². The standard InChI is InChI=1S/C13H17NO4/c1-13(2,3)18-12(17)9-5-4-8(7-11(15)16)10(14)6-9/h4-6H,7,14H2,1-3H3,(H,15,16). The molecule has 1 rings (SSSR count). The van der Waals surface area contributed by atoms with Crippen molar-refractivity contribution in [3.63, 3.8) is 0 Å². The van der Waals surface area contributed by atoms with Crippen LogP contribution in [0.4, 0.5) is 5.69 Å². The number of rotatable bonds is 3. The molecule has 1 aromatic rings. The van der Waals surface area contributed by atoms with E-state index in [1.165, 1.54) is 18.2 Å². The summed E-state index contributed by atoms with van der Waals surface area (Å²) in [6.45, 7) is 5.31. The zero-order valence-corrected chi connectivity index (χ0v) is 10.7. The van der Waals surface area contributed by atoms with Crippen LogP contribution in [0.5, 0.6) is 0 Å². The van der Waals surface area contributed by atoms with E-state index in [-0.39, 0.29) is 12.1 Å². The number of nitrogen functional groups attached to an aromatic ring is 1. The normalized spacial score (nSPS) is 11.1. The molecule has 0 saturated heterocycles. The van der Waals surface area contributed by atoms with Crippen LogP contribution in [0.15, 0.2) is 18.2 Å². The summed E-state index contributed by atoms with van der Waals surface area (Å²) in [5, 5.41) is 8.68. The average molecular weight is 251 g/mol. The molecule has 0 amide bonds. The molecule has 1 aromatic carbocycles. The molecule has 0 heterocycles. The molecule has 0 fully saturated rings. The third-order valence-electron chi connectivity index (χ3n) is 2.12. The number of aliphatic carboxylic acids is 1. The van der Waals surface area contributed by atoms with Crippen LogP contribution in [0.25, 0.3) is 0 Å². The van der Waals surface area contributed by atoms with Gasteiger partial charge in [0.2, 0.25) is 0 Å². The van der Waals surface area contributed by atoms with Crippen molar-refractivity contribution in [2.24, 2.45) is 0 Å². The van der Waals surface area contributed by atoms with E-state index in [4.69, 9.17) is 15.6 Å². The third-order valence-corrected chi connectivity index (χ3v) is 2.12. The lowest BCUT2D eigenvalue weighted by atomic mass is 10.1. The average Bonchev–Trinajstić information content (AvgIpc) is 2.17. The van der Waals surface area contributed by atoms with Gasteiger partial charge in [-0.3, -0.25) is 4.79 Å². The smallest absolute Gasteiger partial charge is 0.338 e. The first-order chi connectivity index (χ1) is 8.19. The lowest BCUT2D eigenvalue weighted by Crippen LogP contribution is -2.24. The van der Waals surface area contributed by atoms with Gasteiger partial charge in [-0.1, -0.05) is 6.07 Å². The maximum Gasteiger partial charge on any atom is 0.338 e. The van der Waals surface area contributed by atoms with Gasteiger partial charge in [-0.2, -0.15) is 0 Å². The Morgan fingerprint density at radius 1 is 1.33 bits per heavy atom. The van der Waals surface area contributed by atoms with Gasteiger partial charge in [-0.05, 0) is 38.5 Å². The molecule has 0 aliphatic rings. The largest absolute Gasteiger partial charge is 0.481 e. The molecule has 0 aliphatic heterocycles. The summed E-state index contributed by atoms with van der Waals surface area (Å²) in [6.07, 6.45) is -0.166. The summed E-state index contributed by atoms with van der Waals surface area (Å²) in [4.78, 5) is 22.3. The minimum absolute atomic E-state index is 0.166. The zero-order chi connectivity index (χ0) is 13.9. The Hall–Kier alpha value is -2.04. The fourth-order valence-corrected chi connectivity index (χ4v) is 1.38. The predicted molar refractivity (Wildman–Crippen MR) is 67.4 cm³/mol. The van der Waals surface area contributed by atoms with Crippen LogP contribution in [0.3, 0.4) is 0 Å². The molecule has 5 nitrogen and oxygen atoms in total. The van der Waals surface area contributed by atoms with Crippen LogP contribution in [0.2, 0.25) is 0 Å². The number of carbonyl (C=O) groups is 2. The third kappa shape index (κ3) is 4.08. The van der Waals surface area contributed by atoms with Crippen molar-refractivity contribution >= 4 is 17.6 Å². The second-order valence-corrected chi connectivity index (χ2v) is 4.99. The number of ether oxygens (including phenoxy) is 1. The van der Waals surface area contributed by atoms with E-state index >= 15 is 0 Å². The highest BCUT2D eigenvalue weighted by molar-refractivity contribution is 5.91. The monoisotopic (exact) mass is 251 g/mol. The summed E-state index contributed by atoms with van der Waals surface area (Å²) >= 11 is 0. The van der Waals surface area contributed by atoms with E-state index < -0.39 is 17.5 Å². The maximum absolute atomic E-state index is 11.8. The molecule has 0 radical (unpaired) electrons. The highest BCUT2D eigenvalue weighted by Crippen LogP contribution is 2.18. The minimum Gasteiger partial charge on any atom is -0.481 e. The van der Waals surface area contributed by atoms with Gasteiger partial charge in [-0.15, -0.1) is 0 Å². The van der Waals surface area contributed by atoms with E-state index in [2.05, 4.69) is 0 Å². The predicted octanol–water partition coefficient (Wildman–Crippen LogP) is 1.85. The summed E-state index contributed by atoms with van der Waals surface area (Å²) < 4.78 is 5.19. The first-order valence-electron chi connectivity index (χ1n) is 5.52. The summed E-state index contributed by atoms with van der Waals surface area (Å²) in [7, 11) is 0. The van der Waals surface area contributed by atoms with E-state index in [9.17, 15) is 9.59 Å². The topological polar surface area (TPSA) is 89.6 Å². The van der Waals surface area contributed by atoms with E-state index in [1.54, 1.807) is 20.8 Å². The van der Waals surface area contributed by atoms with Crippen LogP contribution in [-0.2, 0) is 16.0 Å². The van der Waals surface area contributed by atoms with Crippen molar-refractivity contribution in [2.75, 3.05) is 5.73 Å². The van der Waals surface area contributed by atoms with E-state index in [1.807, 2.05) is 0 Å². The highest BCUT2D eigenvalue weighted by Gasteiger charge is 2.18. The Balaban J connectivity index is 2.90. The number of hydrogen-bond acceptors (Lipinski definition) is 4. The fraction of sp³-hybridized carbons (Fsp3) is 0.385. The van der Waals surface area contributed by atoms with Crippen molar-refractivity contribution < 1.29 is 19.4 Å². The van der Waals surface area contributed by atoms with Crippen molar-refractivity contribution in [3.8, 4) is 0 Å². The van der Waals surface area contributed by atoms with Crippen molar-refractivity contribution in [2.45, 2.75) is 32.8 Å². The molecule has 3 N–H and O–H groups in total. The Kier molecular flexibility index (Phi) is 3.96. The van der Waals surface area contributed by atoms with Gasteiger partial charge < -0.3 is 15.6 Å². The minimum atomic E-state index is -0.966. The van der Waals surface area contributed by atoms with Crippen molar-refractivity contribution in [1.29, 1.82) is 0 Å². The lowest BCUT2D eigenvalue weighted by molar-refractivity contribution is -0.136. The number of esters is 1. The molecule has 0 aliphatic carbocycles. The Morgan fingerprint density at radius 3 is 2.39 bits per heavy atom. The van der Waals surface area contributed by atoms with E-state index in [0.717, 1.165) is 0 Å². The number of hydrogen-bond donors (Lipinski definition) is 2. The summed E-state index contributed by atoms with van der Waals surface area (Å²) in [6, 6.07) is 4.48. The van der Waals surface area contributed by atoms with Gasteiger partial charge in [0.1, 0.15) is 5.60 Å². The first-order valence-corrected chi connectivity index (χ1v) is 5.52. The van der Waals surface area contributed by atoms with Gasteiger partial charge >= 0.3 is 11.9 Å². The Morgan fingerprint density at radius 2 is 1.94 bits per heavy atom. The second kappa shape index (κ2) is 5.08. The molecule has 0 atom stereocenters. The van der Waals surface area contributed by atoms with Crippen LogP contribution >= 0.6 is 0 Å². The van der Waals surface area contributed by atoms with Gasteiger partial charge in [-0.25, -0.2) is 4.79 Å². The number of nitrogens with two attached hydrogens (primary N) is 1. The summed E-state index contributed by atoms with van der Waals surface area (Å²) in [5.41, 5.74) is 6.20. The molecular weight excluding hydrogens is 234 g/mol. The lowest BCUT2D eigenvalue weighted by Gasteiger charge is -2.19. The Bertz CT molecular complexity index is 474. The van der Waals surface area contributed by atoms with Crippen LogP contribution in [-0.4, -0.2) is 22.6 Å². The molecule has 0 spiro atoms. The van der Waals surface area contributed by atoms with Gasteiger partial charge in [0.25, 0.3) is 0 Å². The van der Waals surface area contributed by atoms with Gasteiger partial charge in [0.05, 0.1) is 12.0 Å². The van der Waals surface area contributed by atoms with Crippen LogP contribution in [0.1, 0.15) is 36.7 Å². The Labute approximate surface area is 106 Å². The highest BCUT2D eigenvalue weighted by atomic mass is 16.6. The number of carboxylic acids is 1.